The number of benzene rings is 1. The maximum absolute atomic E-state index is 13.7. The first kappa shape index (κ1) is 16.5. The van der Waals surface area contributed by atoms with Gasteiger partial charge in [0.1, 0.15) is 5.69 Å². The molecule has 1 aliphatic rings. The van der Waals surface area contributed by atoms with E-state index in [1.165, 1.54) is 4.90 Å². The molecule has 1 heterocycles. The Labute approximate surface area is 124 Å². The fourth-order valence-electron chi connectivity index (χ4n) is 2.53. The summed E-state index contributed by atoms with van der Waals surface area (Å²) >= 11 is 0. The van der Waals surface area contributed by atoms with Gasteiger partial charge in [0, 0.05) is 13.1 Å². The lowest BCUT2D eigenvalue weighted by Gasteiger charge is -2.18. The van der Waals surface area contributed by atoms with Crippen LogP contribution in [0.5, 0.6) is 0 Å². The molecule has 0 radical (unpaired) electrons. The number of halogens is 5. The van der Waals surface area contributed by atoms with Crippen LogP contribution < -0.4 is 5.32 Å². The minimum atomic E-state index is -4.24. The minimum Gasteiger partial charge on any atom is -0.380 e. The third-order valence-electron chi connectivity index (χ3n) is 3.51. The van der Waals surface area contributed by atoms with Crippen molar-refractivity contribution in [2.24, 2.45) is 5.92 Å². The topological polar surface area (TPSA) is 39.1 Å². The summed E-state index contributed by atoms with van der Waals surface area (Å²) in [4.78, 5) is 1.28. The monoisotopic (exact) mass is 319 g/mol. The predicted molar refractivity (Wildman–Crippen MR) is 70.2 cm³/mol. The van der Waals surface area contributed by atoms with Crippen LogP contribution in [0.4, 0.5) is 27.6 Å². The smallest absolute Gasteiger partial charge is 0.380 e. The van der Waals surface area contributed by atoms with Crippen LogP contribution in [0, 0.1) is 28.9 Å². The van der Waals surface area contributed by atoms with Crippen molar-refractivity contribution in [3.05, 3.63) is 29.3 Å². The first-order valence-corrected chi connectivity index (χ1v) is 6.70. The van der Waals surface area contributed by atoms with Crippen LogP contribution in [0.2, 0.25) is 0 Å². The van der Waals surface area contributed by atoms with Crippen molar-refractivity contribution in [1.82, 2.24) is 4.90 Å². The number of rotatable bonds is 4. The summed E-state index contributed by atoms with van der Waals surface area (Å²) in [5, 5.41) is 11.2. The van der Waals surface area contributed by atoms with Gasteiger partial charge in [-0.1, -0.05) is 0 Å². The third-order valence-corrected chi connectivity index (χ3v) is 3.51. The molecule has 1 aromatic carbocycles. The van der Waals surface area contributed by atoms with Crippen molar-refractivity contribution < 1.29 is 22.0 Å². The largest absolute Gasteiger partial charge is 0.401 e. The van der Waals surface area contributed by atoms with E-state index in [-0.39, 0.29) is 30.3 Å². The molecule has 0 spiro atoms. The SMILES string of the molecule is N#Cc1cc(F)c(NC[C@H]2CCN(CC(F)(F)F)C2)c(F)c1. The zero-order valence-electron chi connectivity index (χ0n) is 11.6. The van der Waals surface area contributed by atoms with Gasteiger partial charge in [0.05, 0.1) is 18.2 Å². The normalized spacial score (nSPS) is 19.2. The quantitative estimate of drug-likeness (QED) is 0.867. The van der Waals surface area contributed by atoms with Crippen molar-refractivity contribution in [2.75, 3.05) is 31.5 Å². The highest BCUT2D eigenvalue weighted by Gasteiger charge is 2.34. The van der Waals surface area contributed by atoms with E-state index in [1.54, 1.807) is 6.07 Å². The van der Waals surface area contributed by atoms with Gasteiger partial charge >= 0.3 is 6.18 Å². The molecule has 1 saturated heterocycles. The number of hydrogen-bond acceptors (Lipinski definition) is 3. The molecule has 2 rings (SSSR count). The molecule has 1 fully saturated rings. The van der Waals surface area contributed by atoms with E-state index in [0.717, 1.165) is 12.1 Å². The van der Waals surface area contributed by atoms with Gasteiger partial charge in [0.2, 0.25) is 0 Å². The zero-order chi connectivity index (χ0) is 16.3. The van der Waals surface area contributed by atoms with Gasteiger partial charge in [0.15, 0.2) is 11.6 Å². The number of nitrogens with zero attached hydrogens (tertiary/aromatic N) is 2. The summed E-state index contributed by atoms with van der Waals surface area (Å²) < 4.78 is 64.2. The summed E-state index contributed by atoms with van der Waals surface area (Å²) in [5.74, 6) is -1.89. The number of likely N-dealkylation sites (tertiary alicyclic amines) is 1. The predicted octanol–water partition coefficient (Wildman–Crippen LogP) is 3.13. The second-order valence-electron chi connectivity index (χ2n) is 5.31. The van der Waals surface area contributed by atoms with Gasteiger partial charge < -0.3 is 5.32 Å². The molecular formula is C14H14F5N3. The number of nitriles is 1. The molecule has 1 atom stereocenters. The molecule has 0 saturated carbocycles. The van der Waals surface area contributed by atoms with Gasteiger partial charge in [-0.3, -0.25) is 4.90 Å². The fraction of sp³-hybridized carbons (Fsp3) is 0.500. The molecule has 3 nitrogen and oxygen atoms in total. The molecule has 8 heteroatoms. The van der Waals surface area contributed by atoms with Crippen LogP contribution in [0.25, 0.3) is 0 Å². The maximum Gasteiger partial charge on any atom is 0.401 e. The Kier molecular flexibility index (Phi) is 4.86. The first-order valence-electron chi connectivity index (χ1n) is 6.70. The minimum absolute atomic E-state index is 0.114. The van der Waals surface area contributed by atoms with E-state index >= 15 is 0 Å². The summed E-state index contributed by atoms with van der Waals surface area (Å²) in [5.41, 5.74) is -0.481. The van der Waals surface area contributed by atoms with Crippen LogP contribution in [0.15, 0.2) is 12.1 Å². The Hall–Kier alpha value is -1.88. The van der Waals surface area contributed by atoms with Crippen LogP contribution in [-0.4, -0.2) is 37.3 Å². The highest BCUT2D eigenvalue weighted by molar-refractivity contribution is 5.50. The average Bonchev–Trinajstić information content (AvgIpc) is 2.82. The van der Waals surface area contributed by atoms with Crippen molar-refractivity contribution >= 4 is 5.69 Å². The van der Waals surface area contributed by atoms with Crippen molar-refractivity contribution in [3.63, 3.8) is 0 Å². The Morgan fingerprint density at radius 1 is 1.27 bits per heavy atom. The number of nitrogens with one attached hydrogen (secondary N) is 1. The van der Waals surface area contributed by atoms with Crippen LogP contribution >= 0.6 is 0 Å². The van der Waals surface area contributed by atoms with Gasteiger partial charge in [0.25, 0.3) is 0 Å². The summed E-state index contributed by atoms with van der Waals surface area (Å²) in [7, 11) is 0. The molecule has 1 N–H and O–H groups in total. The Balaban J connectivity index is 1.91. The molecular weight excluding hydrogens is 305 g/mol. The first-order chi connectivity index (χ1) is 10.3. The van der Waals surface area contributed by atoms with Crippen LogP contribution in [0.1, 0.15) is 12.0 Å². The molecule has 0 aromatic heterocycles. The molecule has 120 valence electrons. The zero-order valence-corrected chi connectivity index (χ0v) is 11.6. The van der Waals surface area contributed by atoms with E-state index in [9.17, 15) is 22.0 Å². The Bertz CT molecular complexity index is 556. The van der Waals surface area contributed by atoms with E-state index in [2.05, 4.69) is 5.32 Å². The number of alkyl halides is 3. The van der Waals surface area contributed by atoms with Crippen molar-refractivity contribution in [1.29, 1.82) is 5.26 Å². The lowest BCUT2D eigenvalue weighted by molar-refractivity contribution is -0.143. The standard InChI is InChI=1S/C14H14F5N3/c15-11-3-10(5-20)4-12(16)13(11)21-6-9-1-2-22(7-9)8-14(17,18)19/h3-4,9,21H,1-2,6-8H2/t9-/m1/s1. The van der Waals surface area contributed by atoms with Gasteiger partial charge in [-0.15, -0.1) is 0 Å². The maximum atomic E-state index is 13.7. The third kappa shape index (κ3) is 4.31. The molecule has 1 aromatic rings. The van der Waals surface area contributed by atoms with Gasteiger partial charge in [-0.05, 0) is 31.0 Å². The average molecular weight is 319 g/mol. The second kappa shape index (κ2) is 6.48. The van der Waals surface area contributed by atoms with Gasteiger partial charge in [-0.25, -0.2) is 8.78 Å². The molecule has 0 aliphatic carbocycles. The van der Waals surface area contributed by atoms with E-state index in [4.69, 9.17) is 5.26 Å². The number of hydrogen-bond donors (Lipinski definition) is 1. The molecule has 1 aliphatic heterocycles. The van der Waals surface area contributed by atoms with Gasteiger partial charge in [-0.2, -0.15) is 18.4 Å². The highest BCUT2D eigenvalue weighted by Crippen LogP contribution is 2.25. The van der Waals surface area contributed by atoms with E-state index in [0.29, 0.717) is 13.0 Å². The second-order valence-corrected chi connectivity index (χ2v) is 5.31. The molecule has 0 bridgehead atoms. The summed E-state index contributed by atoms with van der Waals surface area (Å²) in [6.45, 7) is -0.257. The van der Waals surface area contributed by atoms with Crippen LogP contribution in [0.3, 0.4) is 0 Å². The Morgan fingerprint density at radius 2 is 1.91 bits per heavy atom. The molecule has 0 amide bonds. The lowest BCUT2D eigenvalue weighted by atomic mass is 10.1. The Morgan fingerprint density at radius 3 is 2.45 bits per heavy atom. The highest BCUT2D eigenvalue weighted by atomic mass is 19.4. The van der Waals surface area contributed by atoms with Crippen molar-refractivity contribution in [2.45, 2.75) is 12.6 Å². The van der Waals surface area contributed by atoms with E-state index < -0.39 is 24.4 Å². The molecule has 22 heavy (non-hydrogen) atoms. The molecule has 0 unspecified atom stereocenters. The fourth-order valence-corrected chi connectivity index (χ4v) is 2.53. The van der Waals surface area contributed by atoms with E-state index in [1.807, 2.05) is 0 Å². The van der Waals surface area contributed by atoms with Crippen LogP contribution in [-0.2, 0) is 0 Å². The summed E-state index contributed by atoms with van der Waals surface area (Å²) in [6, 6.07) is 3.47. The number of anilines is 1. The summed E-state index contributed by atoms with van der Waals surface area (Å²) in [6.07, 6.45) is -3.71. The van der Waals surface area contributed by atoms with Crippen molar-refractivity contribution in [3.8, 4) is 6.07 Å². The lowest BCUT2D eigenvalue weighted by Crippen LogP contribution is -2.33.